The Hall–Kier alpha value is -1.20. The monoisotopic (exact) mass is 211 g/mol. The third kappa shape index (κ3) is 2.18. The highest BCUT2D eigenvalue weighted by Crippen LogP contribution is 2.35. The van der Waals surface area contributed by atoms with Gasteiger partial charge in [-0.2, -0.15) is 13.2 Å². The zero-order chi connectivity index (χ0) is 10.9. The van der Waals surface area contributed by atoms with E-state index in [-0.39, 0.29) is 5.56 Å². The van der Waals surface area contributed by atoms with Gasteiger partial charge in [0.2, 0.25) is 0 Å². The lowest BCUT2D eigenvalue weighted by Gasteiger charge is -2.11. The molecule has 1 rings (SSSR count). The molecule has 1 nitrogen and oxygen atoms in total. The molecule has 0 spiro atoms. The predicted molar refractivity (Wildman–Crippen MR) is 38.9 cm³/mol. The molecule has 0 aliphatic rings. The van der Waals surface area contributed by atoms with Crippen molar-refractivity contribution in [2.24, 2.45) is 0 Å². The number of nitrogens with zero attached hydrogens (tertiary/aromatic N) is 1. The van der Waals surface area contributed by atoms with Gasteiger partial charge in [-0.05, 0) is 18.6 Å². The highest BCUT2D eigenvalue weighted by molar-refractivity contribution is 5.28. The number of aromatic nitrogens is 1. The summed E-state index contributed by atoms with van der Waals surface area (Å²) < 4.78 is 60.9. The van der Waals surface area contributed by atoms with Crippen molar-refractivity contribution in [3.05, 3.63) is 29.1 Å². The number of hydrogen-bond donors (Lipinski definition) is 0. The normalized spacial score (nSPS) is 12.2. The third-order valence-electron chi connectivity index (χ3n) is 1.57. The molecule has 78 valence electrons. The summed E-state index contributed by atoms with van der Waals surface area (Å²) in [7, 11) is 0. The summed E-state index contributed by atoms with van der Waals surface area (Å²) in [4.78, 5) is 3.07. The summed E-state index contributed by atoms with van der Waals surface area (Å²) in [5.41, 5.74) is -2.39. The van der Waals surface area contributed by atoms with Crippen molar-refractivity contribution in [2.75, 3.05) is 0 Å². The SMILES string of the molecule is Cc1cnc(C(F)F)c(C(F)(F)F)c1. The van der Waals surface area contributed by atoms with E-state index in [9.17, 15) is 22.0 Å². The van der Waals surface area contributed by atoms with Crippen LogP contribution < -0.4 is 0 Å². The van der Waals surface area contributed by atoms with Crippen LogP contribution in [0.1, 0.15) is 23.2 Å². The highest BCUT2D eigenvalue weighted by Gasteiger charge is 2.36. The second kappa shape index (κ2) is 3.51. The first-order chi connectivity index (χ1) is 6.32. The summed E-state index contributed by atoms with van der Waals surface area (Å²) in [5.74, 6) is 0. The Morgan fingerprint density at radius 1 is 1.29 bits per heavy atom. The van der Waals surface area contributed by atoms with Crippen LogP contribution in [0, 0.1) is 6.92 Å². The van der Waals surface area contributed by atoms with Gasteiger partial charge in [0.1, 0.15) is 5.69 Å². The molecule has 0 N–H and O–H groups in total. The molecule has 0 fully saturated rings. The average molecular weight is 211 g/mol. The summed E-state index contributed by atoms with van der Waals surface area (Å²) in [6.07, 6.45) is -7.02. The van der Waals surface area contributed by atoms with Crippen molar-refractivity contribution in [3.8, 4) is 0 Å². The van der Waals surface area contributed by atoms with Gasteiger partial charge in [0.15, 0.2) is 0 Å². The van der Waals surface area contributed by atoms with Gasteiger partial charge < -0.3 is 0 Å². The van der Waals surface area contributed by atoms with E-state index in [4.69, 9.17) is 0 Å². The van der Waals surface area contributed by atoms with Crippen LogP contribution in [0.2, 0.25) is 0 Å². The Kier molecular flexibility index (Phi) is 2.73. The quantitative estimate of drug-likeness (QED) is 0.649. The summed E-state index contributed by atoms with van der Waals surface area (Å²) in [6.45, 7) is 1.36. The van der Waals surface area contributed by atoms with Gasteiger partial charge in [0, 0.05) is 6.20 Å². The molecule has 0 aliphatic heterocycles. The van der Waals surface area contributed by atoms with E-state index in [1.54, 1.807) is 0 Å². The number of alkyl halides is 5. The molecule has 0 amide bonds. The van der Waals surface area contributed by atoms with E-state index in [0.29, 0.717) is 6.07 Å². The summed E-state index contributed by atoms with van der Waals surface area (Å²) >= 11 is 0. The molecular formula is C8H6F5N. The zero-order valence-electron chi connectivity index (χ0n) is 7.07. The van der Waals surface area contributed by atoms with Crippen LogP contribution in [0.5, 0.6) is 0 Å². The lowest BCUT2D eigenvalue weighted by Crippen LogP contribution is -2.11. The van der Waals surface area contributed by atoms with Crippen molar-refractivity contribution < 1.29 is 22.0 Å². The fourth-order valence-corrected chi connectivity index (χ4v) is 0.981. The van der Waals surface area contributed by atoms with Gasteiger partial charge in [0.05, 0.1) is 5.56 Å². The minimum absolute atomic E-state index is 0.196. The fourth-order valence-electron chi connectivity index (χ4n) is 0.981. The van der Waals surface area contributed by atoms with Crippen LogP contribution in [-0.4, -0.2) is 4.98 Å². The maximum absolute atomic E-state index is 12.2. The standard InChI is InChI=1S/C8H6F5N/c1-4-2-5(8(11,12)13)6(7(9)10)14-3-4/h2-3,7H,1H3. The predicted octanol–water partition coefficient (Wildman–Crippen LogP) is 3.35. The number of pyridine rings is 1. The van der Waals surface area contributed by atoms with E-state index in [1.807, 2.05) is 0 Å². The number of hydrogen-bond acceptors (Lipinski definition) is 1. The molecule has 0 saturated carbocycles. The molecule has 0 radical (unpaired) electrons. The molecule has 1 aromatic heterocycles. The maximum atomic E-state index is 12.2. The van der Waals surface area contributed by atoms with Gasteiger partial charge in [-0.3, -0.25) is 4.98 Å². The Balaban J connectivity index is 3.30. The van der Waals surface area contributed by atoms with Crippen molar-refractivity contribution in [3.63, 3.8) is 0 Å². The number of halogens is 5. The van der Waals surface area contributed by atoms with Crippen LogP contribution in [0.4, 0.5) is 22.0 Å². The Labute approximate surface area is 76.6 Å². The van der Waals surface area contributed by atoms with Crippen LogP contribution >= 0.6 is 0 Å². The molecule has 1 aromatic rings. The molecule has 1 heterocycles. The molecule has 6 heteroatoms. The lowest BCUT2D eigenvalue weighted by molar-refractivity contribution is -0.140. The first-order valence-corrected chi connectivity index (χ1v) is 3.64. The van der Waals surface area contributed by atoms with Crippen molar-refractivity contribution in [1.29, 1.82) is 0 Å². The third-order valence-corrected chi connectivity index (χ3v) is 1.57. The molecule has 14 heavy (non-hydrogen) atoms. The second-order valence-corrected chi connectivity index (χ2v) is 2.74. The number of rotatable bonds is 1. The van der Waals surface area contributed by atoms with E-state index in [2.05, 4.69) is 4.98 Å². The van der Waals surface area contributed by atoms with Gasteiger partial charge in [-0.15, -0.1) is 0 Å². The number of aryl methyl sites for hydroxylation is 1. The van der Waals surface area contributed by atoms with Crippen molar-refractivity contribution in [1.82, 2.24) is 4.98 Å². The molecule has 0 atom stereocenters. The molecular weight excluding hydrogens is 205 g/mol. The van der Waals surface area contributed by atoms with E-state index >= 15 is 0 Å². The molecule has 0 unspecified atom stereocenters. The average Bonchev–Trinajstić information content (AvgIpc) is 2.01. The van der Waals surface area contributed by atoms with Gasteiger partial charge >= 0.3 is 6.18 Å². The van der Waals surface area contributed by atoms with Crippen LogP contribution in [0.15, 0.2) is 12.3 Å². The van der Waals surface area contributed by atoms with Gasteiger partial charge in [-0.1, -0.05) is 0 Å². The van der Waals surface area contributed by atoms with Crippen LogP contribution in [0.25, 0.3) is 0 Å². The second-order valence-electron chi connectivity index (χ2n) is 2.74. The Morgan fingerprint density at radius 3 is 2.29 bits per heavy atom. The van der Waals surface area contributed by atoms with Crippen LogP contribution in [0.3, 0.4) is 0 Å². The Morgan fingerprint density at radius 2 is 1.86 bits per heavy atom. The van der Waals surface area contributed by atoms with Gasteiger partial charge in [0.25, 0.3) is 6.43 Å². The molecule has 0 bridgehead atoms. The molecule has 0 aromatic carbocycles. The van der Waals surface area contributed by atoms with Crippen molar-refractivity contribution in [2.45, 2.75) is 19.5 Å². The zero-order valence-corrected chi connectivity index (χ0v) is 7.07. The largest absolute Gasteiger partial charge is 0.418 e. The Bertz CT molecular complexity index is 331. The molecule has 0 aliphatic carbocycles. The maximum Gasteiger partial charge on any atom is 0.418 e. The summed E-state index contributed by atoms with van der Waals surface area (Å²) in [5, 5.41) is 0. The van der Waals surface area contributed by atoms with E-state index in [1.165, 1.54) is 6.92 Å². The minimum Gasteiger partial charge on any atom is -0.254 e. The smallest absolute Gasteiger partial charge is 0.254 e. The lowest BCUT2D eigenvalue weighted by atomic mass is 10.1. The highest BCUT2D eigenvalue weighted by atomic mass is 19.4. The topological polar surface area (TPSA) is 12.9 Å². The van der Waals surface area contributed by atoms with E-state index < -0.39 is 23.9 Å². The first kappa shape index (κ1) is 10.9. The molecule has 0 saturated heterocycles. The fraction of sp³-hybridized carbons (Fsp3) is 0.375. The van der Waals surface area contributed by atoms with Crippen LogP contribution in [-0.2, 0) is 6.18 Å². The first-order valence-electron chi connectivity index (χ1n) is 3.64. The van der Waals surface area contributed by atoms with Gasteiger partial charge in [-0.25, -0.2) is 8.78 Å². The van der Waals surface area contributed by atoms with E-state index in [0.717, 1.165) is 6.20 Å². The minimum atomic E-state index is -4.79. The summed E-state index contributed by atoms with van der Waals surface area (Å²) in [6, 6.07) is 0.661. The van der Waals surface area contributed by atoms with Crippen molar-refractivity contribution >= 4 is 0 Å².